The predicted molar refractivity (Wildman–Crippen MR) is 78.8 cm³/mol. The van der Waals surface area contributed by atoms with Crippen LogP contribution >= 0.6 is 0 Å². The van der Waals surface area contributed by atoms with E-state index >= 15 is 0 Å². The van der Waals surface area contributed by atoms with Gasteiger partial charge in [-0.2, -0.15) is 5.26 Å². The molecule has 1 fully saturated rings. The predicted octanol–water partition coefficient (Wildman–Crippen LogP) is 1.86. The third kappa shape index (κ3) is 2.93. The summed E-state index contributed by atoms with van der Waals surface area (Å²) in [6, 6.07) is 9.12. The van der Waals surface area contributed by atoms with E-state index in [4.69, 9.17) is 5.26 Å². The topological polar surface area (TPSA) is 78.2 Å². The van der Waals surface area contributed by atoms with Crippen LogP contribution in [0.3, 0.4) is 0 Å². The van der Waals surface area contributed by atoms with E-state index in [1.807, 2.05) is 18.2 Å². The number of hydrogen-bond donors (Lipinski definition) is 0. The average Bonchev–Trinajstić information content (AvgIpc) is 3.26. The number of rotatable bonds is 4. The highest BCUT2D eigenvalue weighted by Crippen LogP contribution is 2.48. The van der Waals surface area contributed by atoms with Gasteiger partial charge in [-0.1, -0.05) is 12.1 Å². The number of nitrogens with zero attached hydrogens (tertiary/aromatic N) is 2. The molecule has 0 aromatic heterocycles. The summed E-state index contributed by atoms with van der Waals surface area (Å²) in [5.41, 5.74) is 1.55. The van der Waals surface area contributed by atoms with E-state index in [9.17, 15) is 13.2 Å². The van der Waals surface area contributed by atoms with Crippen LogP contribution in [0.5, 0.6) is 0 Å². The molecule has 0 aliphatic heterocycles. The maximum atomic E-state index is 12.3. The van der Waals surface area contributed by atoms with E-state index in [0.717, 1.165) is 9.87 Å². The molecule has 1 aliphatic rings. The van der Waals surface area contributed by atoms with Crippen molar-refractivity contribution in [1.29, 1.82) is 5.26 Å². The lowest BCUT2D eigenvalue weighted by atomic mass is 10.1. The van der Waals surface area contributed by atoms with Crippen LogP contribution in [-0.2, 0) is 14.8 Å². The Labute approximate surface area is 125 Å². The molecular weight excluding hydrogens is 288 g/mol. The summed E-state index contributed by atoms with van der Waals surface area (Å²) in [5, 5.41) is 8.15. The molecule has 6 heteroatoms. The van der Waals surface area contributed by atoms with E-state index < -0.39 is 15.3 Å². The Kier molecular flexibility index (Phi) is 4.06. The molecule has 5 nitrogen and oxygen atoms in total. The smallest absolute Gasteiger partial charge is 0.239 e. The number of carbonyl (C=O) groups excluding carboxylic acids is 1. The van der Waals surface area contributed by atoms with Crippen molar-refractivity contribution < 1.29 is 13.2 Å². The van der Waals surface area contributed by atoms with Gasteiger partial charge in [-0.15, -0.1) is 0 Å². The SMILES string of the molecule is CC(C)S(=O)(=O)N(C)C(=O)C1CC1c1ccc(C#N)cc1. The molecule has 0 N–H and O–H groups in total. The van der Waals surface area contributed by atoms with Crippen molar-refractivity contribution in [2.45, 2.75) is 31.4 Å². The van der Waals surface area contributed by atoms with Crippen LogP contribution in [0.2, 0.25) is 0 Å². The summed E-state index contributed by atoms with van der Waals surface area (Å²) in [6.07, 6.45) is 0.655. The van der Waals surface area contributed by atoms with Gasteiger partial charge in [0.25, 0.3) is 0 Å². The van der Waals surface area contributed by atoms with Crippen LogP contribution in [-0.4, -0.2) is 30.9 Å². The van der Waals surface area contributed by atoms with Gasteiger partial charge in [0.1, 0.15) is 0 Å². The van der Waals surface area contributed by atoms with E-state index in [1.54, 1.807) is 26.0 Å². The normalized spacial score (nSPS) is 20.9. The van der Waals surface area contributed by atoms with Gasteiger partial charge in [0, 0.05) is 13.0 Å². The molecule has 1 amide bonds. The Morgan fingerprint density at radius 1 is 1.33 bits per heavy atom. The van der Waals surface area contributed by atoms with Gasteiger partial charge in [0.15, 0.2) is 0 Å². The highest BCUT2D eigenvalue weighted by Gasteiger charge is 2.47. The summed E-state index contributed by atoms with van der Waals surface area (Å²) < 4.78 is 24.9. The lowest BCUT2D eigenvalue weighted by Gasteiger charge is -2.20. The number of amides is 1. The third-order valence-electron chi connectivity index (χ3n) is 3.86. The zero-order valence-electron chi connectivity index (χ0n) is 12.3. The fourth-order valence-corrected chi connectivity index (χ4v) is 3.33. The van der Waals surface area contributed by atoms with Gasteiger partial charge in [0.2, 0.25) is 15.9 Å². The molecule has 2 rings (SSSR count). The second-order valence-corrected chi connectivity index (χ2v) is 8.10. The molecule has 112 valence electrons. The van der Waals surface area contributed by atoms with Crippen molar-refractivity contribution in [3.05, 3.63) is 35.4 Å². The van der Waals surface area contributed by atoms with Gasteiger partial charge >= 0.3 is 0 Å². The first-order valence-electron chi connectivity index (χ1n) is 6.80. The minimum Gasteiger partial charge on any atom is -0.273 e. The van der Waals surface area contributed by atoms with Gasteiger partial charge in [-0.3, -0.25) is 4.79 Å². The van der Waals surface area contributed by atoms with E-state index in [0.29, 0.717) is 12.0 Å². The fourth-order valence-electron chi connectivity index (χ4n) is 2.32. The zero-order valence-corrected chi connectivity index (χ0v) is 13.1. The minimum absolute atomic E-state index is 0.0510. The Balaban J connectivity index is 2.09. The van der Waals surface area contributed by atoms with E-state index in [1.165, 1.54) is 7.05 Å². The maximum Gasteiger partial charge on any atom is 0.239 e. The Morgan fingerprint density at radius 3 is 2.38 bits per heavy atom. The van der Waals surface area contributed by atoms with Gasteiger partial charge in [0.05, 0.1) is 16.9 Å². The van der Waals surface area contributed by atoms with E-state index in [-0.39, 0.29) is 17.7 Å². The first-order chi connectivity index (χ1) is 9.78. The molecule has 0 spiro atoms. The summed E-state index contributed by atoms with van der Waals surface area (Å²) in [6.45, 7) is 3.12. The highest BCUT2D eigenvalue weighted by atomic mass is 32.2. The molecule has 1 saturated carbocycles. The van der Waals surface area contributed by atoms with Crippen LogP contribution in [0, 0.1) is 17.2 Å². The standard InChI is InChI=1S/C15H18N2O3S/c1-10(2)21(19,20)17(3)15(18)14-8-13(14)12-6-4-11(9-16)5-7-12/h4-7,10,13-14H,8H2,1-3H3. The number of carbonyl (C=O) groups is 1. The molecule has 1 aromatic carbocycles. The molecular formula is C15H18N2O3S. The van der Waals surface area contributed by atoms with Crippen LogP contribution in [0.15, 0.2) is 24.3 Å². The molecule has 0 radical (unpaired) electrons. The lowest BCUT2D eigenvalue weighted by Crippen LogP contribution is -2.38. The van der Waals surface area contributed by atoms with Crippen LogP contribution in [0.25, 0.3) is 0 Å². The van der Waals surface area contributed by atoms with Crippen LogP contribution < -0.4 is 0 Å². The zero-order chi connectivity index (χ0) is 15.8. The Bertz CT molecular complexity index is 687. The summed E-state index contributed by atoms with van der Waals surface area (Å²) in [5.74, 6) is -0.579. The molecule has 0 heterocycles. The second kappa shape index (κ2) is 5.49. The molecule has 0 saturated heterocycles. The minimum atomic E-state index is -3.56. The summed E-state index contributed by atoms with van der Waals surface area (Å²) in [7, 11) is -2.23. The molecule has 21 heavy (non-hydrogen) atoms. The fraction of sp³-hybridized carbons (Fsp3) is 0.467. The van der Waals surface area contributed by atoms with Crippen molar-refractivity contribution in [2.75, 3.05) is 7.05 Å². The first-order valence-corrected chi connectivity index (χ1v) is 8.31. The average molecular weight is 306 g/mol. The Morgan fingerprint density at radius 2 is 1.90 bits per heavy atom. The van der Waals surface area contributed by atoms with Gasteiger partial charge in [-0.25, -0.2) is 12.7 Å². The van der Waals surface area contributed by atoms with E-state index in [2.05, 4.69) is 0 Å². The summed E-state index contributed by atoms with van der Waals surface area (Å²) >= 11 is 0. The number of sulfonamides is 1. The van der Waals surface area contributed by atoms with Crippen molar-refractivity contribution in [3.63, 3.8) is 0 Å². The molecule has 2 unspecified atom stereocenters. The molecule has 2 atom stereocenters. The van der Waals surface area contributed by atoms with Gasteiger partial charge < -0.3 is 0 Å². The van der Waals surface area contributed by atoms with Crippen LogP contribution in [0.4, 0.5) is 0 Å². The largest absolute Gasteiger partial charge is 0.273 e. The Hall–Kier alpha value is -1.87. The lowest BCUT2D eigenvalue weighted by molar-refractivity contribution is -0.127. The quantitative estimate of drug-likeness (QED) is 0.850. The van der Waals surface area contributed by atoms with Gasteiger partial charge in [-0.05, 0) is 43.9 Å². The second-order valence-electron chi connectivity index (χ2n) is 5.58. The molecule has 1 aliphatic carbocycles. The highest BCUT2D eigenvalue weighted by molar-refractivity contribution is 7.90. The van der Waals surface area contributed by atoms with Crippen molar-refractivity contribution in [2.24, 2.45) is 5.92 Å². The maximum absolute atomic E-state index is 12.3. The third-order valence-corrected chi connectivity index (χ3v) is 6.00. The molecule has 0 bridgehead atoms. The monoisotopic (exact) mass is 306 g/mol. The van der Waals surface area contributed by atoms with Crippen molar-refractivity contribution >= 4 is 15.9 Å². The first kappa shape index (κ1) is 15.5. The molecule has 1 aromatic rings. The van der Waals surface area contributed by atoms with Crippen molar-refractivity contribution in [3.8, 4) is 6.07 Å². The summed E-state index contributed by atoms with van der Waals surface area (Å²) in [4.78, 5) is 12.3. The number of hydrogen-bond acceptors (Lipinski definition) is 4. The van der Waals surface area contributed by atoms with Crippen LogP contribution in [0.1, 0.15) is 37.3 Å². The number of benzene rings is 1. The van der Waals surface area contributed by atoms with Crippen molar-refractivity contribution in [1.82, 2.24) is 4.31 Å². The number of nitriles is 1.